The summed E-state index contributed by atoms with van der Waals surface area (Å²) in [7, 11) is 1.20. The van der Waals surface area contributed by atoms with Crippen molar-refractivity contribution in [3.05, 3.63) is 67.6 Å². The summed E-state index contributed by atoms with van der Waals surface area (Å²) in [5, 5.41) is 6.51. The minimum atomic E-state index is -0.768. The molecule has 0 fully saturated rings. The van der Waals surface area contributed by atoms with Crippen LogP contribution in [0.15, 0.2) is 47.1 Å². The third-order valence-corrected chi connectivity index (χ3v) is 4.61. The van der Waals surface area contributed by atoms with Crippen molar-refractivity contribution in [1.82, 2.24) is 0 Å². The minimum absolute atomic E-state index is 0.0159. The van der Waals surface area contributed by atoms with E-state index in [4.69, 9.17) is 51.1 Å². The third kappa shape index (κ3) is 4.12. The maximum atomic E-state index is 12.9. The number of anilines is 1. The fourth-order valence-corrected chi connectivity index (χ4v) is 3.38. The van der Waals surface area contributed by atoms with Crippen molar-refractivity contribution in [2.45, 2.75) is 0 Å². The Bertz CT molecular complexity index is 997. The van der Waals surface area contributed by atoms with Crippen LogP contribution < -0.4 is 5.01 Å². The molecule has 0 spiro atoms. The molecule has 0 radical (unpaired) electrons. The van der Waals surface area contributed by atoms with Gasteiger partial charge in [-0.1, -0.05) is 52.5 Å². The van der Waals surface area contributed by atoms with E-state index in [1.54, 1.807) is 12.1 Å². The zero-order valence-corrected chi connectivity index (χ0v) is 16.7. The van der Waals surface area contributed by atoms with Crippen molar-refractivity contribution in [2.24, 2.45) is 5.10 Å². The highest BCUT2D eigenvalue weighted by Crippen LogP contribution is 2.31. The second-order valence-electron chi connectivity index (χ2n) is 5.41. The van der Waals surface area contributed by atoms with Gasteiger partial charge in [0.1, 0.15) is 0 Å². The Balaban J connectivity index is 2.11. The van der Waals surface area contributed by atoms with Gasteiger partial charge in [-0.25, -0.2) is 4.79 Å². The molecule has 2 aromatic rings. The highest BCUT2D eigenvalue weighted by Gasteiger charge is 2.36. The molecule has 1 heterocycles. The van der Waals surface area contributed by atoms with Crippen molar-refractivity contribution in [3.63, 3.8) is 0 Å². The van der Waals surface area contributed by atoms with Gasteiger partial charge in [-0.05, 0) is 42.0 Å². The Morgan fingerprint density at radius 2 is 1.70 bits per heavy atom. The Labute approximate surface area is 174 Å². The predicted molar refractivity (Wildman–Crippen MR) is 108 cm³/mol. The number of carbonyl (C=O) groups is 2. The smallest absolute Gasteiger partial charge is 0.359 e. The normalized spacial score (nSPS) is 15.3. The largest absolute Gasteiger partial charge is 0.464 e. The molecule has 5 nitrogen and oxygen atoms in total. The van der Waals surface area contributed by atoms with Crippen LogP contribution in [0.3, 0.4) is 0 Å². The summed E-state index contributed by atoms with van der Waals surface area (Å²) in [5.74, 6) is -1.32. The van der Waals surface area contributed by atoms with E-state index in [-0.39, 0.29) is 11.3 Å². The molecule has 1 aliphatic rings. The lowest BCUT2D eigenvalue weighted by molar-refractivity contribution is -0.132. The summed E-state index contributed by atoms with van der Waals surface area (Å²) in [5.41, 5.74) is 0.656. The van der Waals surface area contributed by atoms with Gasteiger partial charge in [0.05, 0.1) is 18.4 Å². The maximum Gasteiger partial charge on any atom is 0.359 e. The van der Waals surface area contributed by atoms with E-state index in [2.05, 4.69) is 5.10 Å². The van der Waals surface area contributed by atoms with Gasteiger partial charge >= 0.3 is 5.97 Å². The number of hydrazone groups is 1. The summed E-state index contributed by atoms with van der Waals surface area (Å²) in [6.07, 6.45) is 1.45. The van der Waals surface area contributed by atoms with Gasteiger partial charge in [0.15, 0.2) is 5.71 Å². The Hall–Kier alpha value is -2.05. The van der Waals surface area contributed by atoms with Crippen molar-refractivity contribution in [2.75, 3.05) is 12.1 Å². The first-order valence-corrected chi connectivity index (χ1v) is 8.96. The van der Waals surface area contributed by atoms with Crippen molar-refractivity contribution < 1.29 is 14.3 Å². The summed E-state index contributed by atoms with van der Waals surface area (Å²) in [6.45, 7) is 0. The standard InChI is InChI=1S/C18H10Cl4N2O3/c1-27-18(26)16-14(4-9-2-3-10(19)8-15(9)22)17(25)24(23-16)13-6-11(20)5-12(21)7-13/h2-8H,1H3/b14-4-. The lowest BCUT2D eigenvalue weighted by Crippen LogP contribution is -2.22. The number of rotatable bonds is 3. The molecule has 0 atom stereocenters. The molecule has 0 saturated heterocycles. The number of ether oxygens (including phenoxy) is 1. The second kappa shape index (κ2) is 7.90. The van der Waals surface area contributed by atoms with Gasteiger partial charge in [-0.2, -0.15) is 10.1 Å². The van der Waals surface area contributed by atoms with E-state index in [1.807, 2.05) is 0 Å². The van der Waals surface area contributed by atoms with Gasteiger partial charge < -0.3 is 4.74 Å². The molecule has 9 heteroatoms. The SMILES string of the molecule is COC(=O)C1=NN(c2cc(Cl)cc(Cl)c2)C(=O)/C1=C\c1ccc(Cl)cc1Cl. The molecule has 1 aliphatic heterocycles. The fourth-order valence-electron chi connectivity index (χ4n) is 2.40. The third-order valence-electron chi connectivity index (χ3n) is 3.61. The Morgan fingerprint density at radius 1 is 1.04 bits per heavy atom. The molecule has 0 N–H and O–H groups in total. The van der Waals surface area contributed by atoms with Gasteiger partial charge in [0, 0.05) is 20.1 Å². The topological polar surface area (TPSA) is 59.0 Å². The number of esters is 1. The molecule has 0 aromatic heterocycles. The van der Waals surface area contributed by atoms with Crippen LogP contribution in [0.1, 0.15) is 5.56 Å². The highest BCUT2D eigenvalue weighted by atomic mass is 35.5. The summed E-state index contributed by atoms with van der Waals surface area (Å²) < 4.78 is 4.74. The van der Waals surface area contributed by atoms with Crippen molar-refractivity contribution >= 4 is 75.8 Å². The quantitative estimate of drug-likeness (QED) is 0.480. The first kappa shape index (κ1) is 19.7. The van der Waals surface area contributed by atoms with E-state index >= 15 is 0 Å². The van der Waals surface area contributed by atoms with Crippen LogP contribution in [0.2, 0.25) is 20.1 Å². The number of nitrogens with zero attached hydrogens (tertiary/aromatic N) is 2. The first-order chi connectivity index (χ1) is 12.8. The van der Waals surface area contributed by atoms with Gasteiger partial charge in [-0.15, -0.1) is 0 Å². The molecule has 0 bridgehead atoms. The molecular formula is C18H10Cl4N2O3. The summed E-state index contributed by atoms with van der Waals surface area (Å²) >= 11 is 24.1. The van der Waals surface area contributed by atoms with Crippen LogP contribution in [-0.4, -0.2) is 24.7 Å². The Morgan fingerprint density at radius 3 is 2.30 bits per heavy atom. The minimum Gasteiger partial charge on any atom is -0.464 e. The zero-order chi connectivity index (χ0) is 19.7. The van der Waals surface area contributed by atoms with Crippen LogP contribution in [0, 0.1) is 0 Å². The van der Waals surface area contributed by atoms with Crippen LogP contribution >= 0.6 is 46.4 Å². The molecule has 138 valence electrons. The van der Waals surface area contributed by atoms with E-state index < -0.39 is 11.9 Å². The fraction of sp³-hybridized carbons (Fsp3) is 0.0556. The summed E-state index contributed by atoms with van der Waals surface area (Å²) in [6, 6.07) is 9.28. The Kier molecular flexibility index (Phi) is 5.77. The lowest BCUT2D eigenvalue weighted by atomic mass is 10.1. The number of hydrogen-bond donors (Lipinski definition) is 0. The molecule has 0 saturated carbocycles. The number of carbonyl (C=O) groups excluding carboxylic acids is 2. The van der Waals surface area contributed by atoms with Gasteiger partial charge in [0.25, 0.3) is 5.91 Å². The number of methoxy groups -OCH3 is 1. The maximum absolute atomic E-state index is 12.9. The van der Waals surface area contributed by atoms with E-state index in [0.29, 0.717) is 31.3 Å². The van der Waals surface area contributed by atoms with E-state index in [9.17, 15) is 9.59 Å². The highest BCUT2D eigenvalue weighted by molar-refractivity contribution is 6.54. The van der Waals surface area contributed by atoms with Gasteiger partial charge in [0.2, 0.25) is 0 Å². The van der Waals surface area contributed by atoms with E-state index in [0.717, 1.165) is 5.01 Å². The van der Waals surface area contributed by atoms with Crippen LogP contribution in [0.25, 0.3) is 6.08 Å². The summed E-state index contributed by atoms with van der Waals surface area (Å²) in [4.78, 5) is 25.1. The van der Waals surface area contributed by atoms with Gasteiger partial charge in [-0.3, -0.25) is 4.79 Å². The zero-order valence-electron chi connectivity index (χ0n) is 13.7. The number of benzene rings is 2. The lowest BCUT2D eigenvalue weighted by Gasteiger charge is -2.12. The molecule has 27 heavy (non-hydrogen) atoms. The number of halogens is 4. The van der Waals surface area contributed by atoms with E-state index in [1.165, 1.54) is 37.5 Å². The molecule has 3 rings (SSSR count). The molecular weight excluding hydrogens is 434 g/mol. The number of hydrogen-bond acceptors (Lipinski definition) is 4. The first-order valence-electron chi connectivity index (χ1n) is 7.44. The molecule has 2 aromatic carbocycles. The van der Waals surface area contributed by atoms with Crippen LogP contribution in [0.4, 0.5) is 5.69 Å². The average Bonchev–Trinajstić information content (AvgIpc) is 2.92. The monoisotopic (exact) mass is 442 g/mol. The van der Waals surface area contributed by atoms with Crippen LogP contribution in [0.5, 0.6) is 0 Å². The predicted octanol–water partition coefficient (Wildman–Crippen LogP) is 5.26. The molecule has 0 unspecified atom stereocenters. The van der Waals surface area contributed by atoms with Crippen molar-refractivity contribution in [1.29, 1.82) is 0 Å². The number of amides is 1. The van der Waals surface area contributed by atoms with Crippen LogP contribution in [-0.2, 0) is 14.3 Å². The molecule has 1 amide bonds. The van der Waals surface area contributed by atoms with Crippen molar-refractivity contribution in [3.8, 4) is 0 Å². The average molecular weight is 444 g/mol. The second-order valence-corrected chi connectivity index (χ2v) is 7.13. The molecule has 0 aliphatic carbocycles.